The highest BCUT2D eigenvalue weighted by Gasteiger charge is 2.32. The molecular weight excluding hydrogens is 220 g/mol. The third-order valence-electron chi connectivity index (χ3n) is 1.36. The van der Waals surface area contributed by atoms with Gasteiger partial charge in [-0.05, 0) is 12.1 Å². The van der Waals surface area contributed by atoms with Crippen molar-refractivity contribution in [2.24, 2.45) is 0 Å². The molecule has 0 aliphatic heterocycles. The Labute approximate surface area is 88.4 Å². The third-order valence-corrected chi connectivity index (χ3v) is 2.43. The molecule has 86 valence electrons. The predicted octanol–water partition coefficient (Wildman–Crippen LogP) is -0.203. The molecule has 0 fully saturated rings. The summed E-state index contributed by atoms with van der Waals surface area (Å²) in [5, 5.41) is 17.3. The van der Waals surface area contributed by atoms with E-state index in [2.05, 4.69) is 8.85 Å². The van der Waals surface area contributed by atoms with Crippen LogP contribution in [0.3, 0.4) is 0 Å². The summed E-state index contributed by atoms with van der Waals surface area (Å²) < 4.78 is 8.23. The standard InChI is InChI=1S/C6H6O2.C2H8O4Si/c7-5-2-1-3-6(8)4-5;1-5-7(3,4)6-2/h1-4,7-8H;3-4H,1-2H3. The highest BCUT2D eigenvalue weighted by molar-refractivity contribution is 6.50. The van der Waals surface area contributed by atoms with Gasteiger partial charge in [-0.15, -0.1) is 0 Å². The molecule has 1 aromatic carbocycles. The van der Waals surface area contributed by atoms with Crippen molar-refractivity contribution in [2.45, 2.75) is 0 Å². The molecule has 0 atom stereocenters. The maximum Gasteiger partial charge on any atom is 0.673 e. The fourth-order valence-corrected chi connectivity index (χ4v) is 0.743. The molecule has 15 heavy (non-hydrogen) atoms. The van der Waals surface area contributed by atoms with Crippen LogP contribution in [-0.4, -0.2) is 43.1 Å². The second kappa shape index (κ2) is 6.38. The van der Waals surface area contributed by atoms with Gasteiger partial charge >= 0.3 is 9.05 Å². The van der Waals surface area contributed by atoms with Gasteiger partial charge in [0.2, 0.25) is 0 Å². The van der Waals surface area contributed by atoms with Crippen molar-refractivity contribution in [2.75, 3.05) is 14.2 Å². The van der Waals surface area contributed by atoms with Crippen LogP contribution < -0.4 is 0 Å². The minimum absolute atomic E-state index is 0.0880. The molecule has 0 spiro atoms. The molecular formula is C8H14O6Si. The smallest absolute Gasteiger partial charge is 0.508 e. The molecule has 0 aliphatic carbocycles. The van der Waals surface area contributed by atoms with E-state index in [9.17, 15) is 0 Å². The Kier molecular flexibility index (Phi) is 5.90. The lowest BCUT2D eigenvalue weighted by Crippen LogP contribution is -2.40. The Morgan fingerprint density at radius 1 is 1.00 bits per heavy atom. The number of benzene rings is 1. The van der Waals surface area contributed by atoms with Gasteiger partial charge in [0, 0.05) is 20.3 Å². The second-order valence-electron chi connectivity index (χ2n) is 2.48. The summed E-state index contributed by atoms with van der Waals surface area (Å²) in [6, 6.07) is 5.85. The number of phenolic OH excluding ortho intramolecular Hbond substituents is 2. The quantitative estimate of drug-likeness (QED) is 0.529. The summed E-state index contributed by atoms with van der Waals surface area (Å²) in [6.07, 6.45) is 0. The van der Waals surface area contributed by atoms with Crippen LogP contribution in [0, 0.1) is 0 Å². The number of hydrogen-bond acceptors (Lipinski definition) is 6. The van der Waals surface area contributed by atoms with Crippen LogP contribution in [0.25, 0.3) is 0 Å². The molecule has 1 aromatic rings. The van der Waals surface area contributed by atoms with Gasteiger partial charge < -0.3 is 28.7 Å². The Bertz CT molecular complexity index is 267. The maximum atomic E-state index is 8.65. The molecule has 0 radical (unpaired) electrons. The zero-order chi connectivity index (χ0) is 11.9. The summed E-state index contributed by atoms with van der Waals surface area (Å²) >= 11 is 0. The molecule has 0 saturated heterocycles. The van der Waals surface area contributed by atoms with Crippen molar-refractivity contribution < 1.29 is 28.7 Å². The summed E-state index contributed by atoms with van der Waals surface area (Å²) in [6.45, 7) is 0. The van der Waals surface area contributed by atoms with Crippen LogP contribution in [0.1, 0.15) is 0 Å². The van der Waals surface area contributed by atoms with E-state index in [-0.39, 0.29) is 11.5 Å². The van der Waals surface area contributed by atoms with Crippen LogP contribution in [0.4, 0.5) is 0 Å². The monoisotopic (exact) mass is 234 g/mol. The molecule has 0 amide bonds. The molecule has 4 N–H and O–H groups in total. The Balaban J connectivity index is 0.000000265. The van der Waals surface area contributed by atoms with Gasteiger partial charge in [0.05, 0.1) is 0 Å². The van der Waals surface area contributed by atoms with Crippen molar-refractivity contribution in [3.05, 3.63) is 24.3 Å². The molecule has 0 saturated carbocycles. The summed E-state index contributed by atoms with van der Waals surface area (Å²) in [7, 11) is -1.30. The normalized spacial score (nSPS) is 10.4. The topological polar surface area (TPSA) is 99.4 Å². The molecule has 0 aromatic heterocycles. The number of hydrogen-bond donors (Lipinski definition) is 4. The largest absolute Gasteiger partial charge is 0.673 e. The summed E-state index contributed by atoms with van der Waals surface area (Å²) in [5.41, 5.74) is 0. The predicted molar refractivity (Wildman–Crippen MR) is 54.0 cm³/mol. The minimum Gasteiger partial charge on any atom is -0.508 e. The van der Waals surface area contributed by atoms with Crippen molar-refractivity contribution in [1.29, 1.82) is 0 Å². The molecule has 0 unspecified atom stereocenters. The Morgan fingerprint density at radius 3 is 1.53 bits per heavy atom. The first-order chi connectivity index (χ1) is 6.91. The van der Waals surface area contributed by atoms with Crippen molar-refractivity contribution in [3.63, 3.8) is 0 Å². The van der Waals surface area contributed by atoms with E-state index >= 15 is 0 Å². The van der Waals surface area contributed by atoms with Crippen molar-refractivity contribution in [3.8, 4) is 11.5 Å². The number of aromatic hydroxyl groups is 2. The fourth-order valence-electron chi connectivity index (χ4n) is 0.576. The van der Waals surface area contributed by atoms with E-state index in [0.29, 0.717) is 0 Å². The zero-order valence-electron chi connectivity index (χ0n) is 8.41. The third kappa shape index (κ3) is 6.88. The molecule has 0 bridgehead atoms. The molecule has 7 heteroatoms. The Hall–Kier alpha value is -1.12. The van der Waals surface area contributed by atoms with E-state index in [1.54, 1.807) is 6.07 Å². The second-order valence-corrected chi connectivity index (χ2v) is 4.39. The number of rotatable bonds is 2. The van der Waals surface area contributed by atoms with Crippen molar-refractivity contribution in [1.82, 2.24) is 0 Å². The first-order valence-electron chi connectivity index (χ1n) is 3.94. The highest BCUT2D eigenvalue weighted by atomic mass is 28.4. The molecule has 6 nitrogen and oxygen atoms in total. The van der Waals surface area contributed by atoms with Crippen LogP contribution in [-0.2, 0) is 8.85 Å². The van der Waals surface area contributed by atoms with Gasteiger partial charge in [0.15, 0.2) is 0 Å². The minimum atomic E-state index is -3.65. The van der Waals surface area contributed by atoms with Crippen LogP contribution in [0.15, 0.2) is 24.3 Å². The summed E-state index contributed by atoms with van der Waals surface area (Å²) in [4.78, 5) is 16.8. The zero-order valence-corrected chi connectivity index (χ0v) is 9.41. The van der Waals surface area contributed by atoms with E-state index in [1.807, 2.05) is 0 Å². The average Bonchev–Trinajstić information content (AvgIpc) is 2.18. The van der Waals surface area contributed by atoms with E-state index in [4.69, 9.17) is 19.8 Å². The van der Waals surface area contributed by atoms with Gasteiger partial charge in [-0.2, -0.15) is 0 Å². The fraction of sp³-hybridized carbons (Fsp3) is 0.250. The summed E-state index contributed by atoms with van der Waals surface area (Å²) in [5.74, 6) is 0.176. The molecule has 1 rings (SSSR count). The SMILES string of the molecule is CO[Si](O)(O)OC.Oc1cccc(O)c1. The van der Waals surface area contributed by atoms with Crippen LogP contribution in [0.2, 0.25) is 0 Å². The highest BCUT2D eigenvalue weighted by Crippen LogP contribution is 2.14. The van der Waals surface area contributed by atoms with E-state index < -0.39 is 9.05 Å². The lowest BCUT2D eigenvalue weighted by molar-refractivity contribution is 0.0634. The van der Waals surface area contributed by atoms with Gasteiger partial charge in [-0.1, -0.05) is 6.07 Å². The lowest BCUT2D eigenvalue weighted by atomic mass is 10.3. The van der Waals surface area contributed by atoms with Gasteiger partial charge in [-0.25, -0.2) is 0 Å². The first kappa shape index (κ1) is 13.9. The van der Waals surface area contributed by atoms with E-state index in [1.165, 1.54) is 32.4 Å². The van der Waals surface area contributed by atoms with Gasteiger partial charge in [0.25, 0.3) is 0 Å². The Morgan fingerprint density at radius 2 is 1.40 bits per heavy atom. The van der Waals surface area contributed by atoms with E-state index in [0.717, 1.165) is 0 Å². The molecule has 0 heterocycles. The average molecular weight is 234 g/mol. The lowest BCUT2D eigenvalue weighted by Gasteiger charge is -2.08. The molecule has 0 aliphatic rings. The van der Waals surface area contributed by atoms with Crippen molar-refractivity contribution >= 4 is 9.05 Å². The van der Waals surface area contributed by atoms with Crippen LogP contribution >= 0.6 is 0 Å². The first-order valence-corrected chi connectivity index (χ1v) is 5.65. The maximum absolute atomic E-state index is 8.65. The van der Waals surface area contributed by atoms with Gasteiger partial charge in [-0.3, -0.25) is 0 Å². The number of phenols is 2. The van der Waals surface area contributed by atoms with Gasteiger partial charge in [0.1, 0.15) is 11.5 Å². The van der Waals surface area contributed by atoms with Crippen LogP contribution in [0.5, 0.6) is 11.5 Å².